The Morgan fingerprint density at radius 3 is 2.54 bits per heavy atom. The molecule has 5 nitrogen and oxygen atoms in total. The van der Waals surface area contributed by atoms with Gasteiger partial charge in [-0.2, -0.15) is 0 Å². The Kier molecular flexibility index (Phi) is 4.97. The molecule has 1 aliphatic carbocycles. The van der Waals surface area contributed by atoms with Gasteiger partial charge in [-0.05, 0) is 56.4 Å². The van der Waals surface area contributed by atoms with Crippen molar-refractivity contribution in [2.75, 3.05) is 18.8 Å². The number of piperazine rings is 1. The molecule has 0 unspecified atom stereocenters. The van der Waals surface area contributed by atoms with Crippen LogP contribution >= 0.6 is 0 Å². The Balaban J connectivity index is 1.63. The number of nitrogens with one attached hydrogen (secondary N) is 1. The maximum atomic E-state index is 12.6. The van der Waals surface area contributed by atoms with Gasteiger partial charge in [-0.25, -0.2) is 8.42 Å². The second-order valence-corrected chi connectivity index (χ2v) is 9.23. The molecule has 1 aromatic rings. The summed E-state index contributed by atoms with van der Waals surface area (Å²) in [6.45, 7) is 5.36. The summed E-state index contributed by atoms with van der Waals surface area (Å²) in [6, 6.07) is 5.91. The molecule has 1 aromatic carbocycles. The molecule has 1 heterocycles. The second-order valence-electron chi connectivity index (χ2n) is 7.12. The fourth-order valence-electron chi connectivity index (χ4n) is 3.77. The van der Waals surface area contributed by atoms with Crippen molar-refractivity contribution in [1.82, 2.24) is 10.2 Å². The van der Waals surface area contributed by atoms with E-state index in [0.29, 0.717) is 18.0 Å². The number of hydrogen-bond donors (Lipinski definition) is 1. The van der Waals surface area contributed by atoms with Gasteiger partial charge >= 0.3 is 0 Å². The molecule has 0 saturated carbocycles. The van der Waals surface area contributed by atoms with E-state index in [-0.39, 0.29) is 30.2 Å². The molecule has 24 heavy (non-hydrogen) atoms. The van der Waals surface area contributed by atoms with Crippen LogP contribution in [-0.2, 0) is 27.5 Å². The lowest BCUT2D eigenvalue weighted by molar-refractivity contribution is -0.132. The highest BCUT2D eigenvalue weighted by atomic mass is 32.2. The van der Waals surface area contributed by atoms with E-state index >= 15 is 0 Å². The minimum atomic E-state index is -3.41. The van der Waals surface area contributed by atoms with Gasteiger partial charge in [0.2, 0.25) is 5.91 Å². The fraction of sp³-hybridized carbons (Fsp3) is 0.611. The largest absolute Gasteiger partial charge is 0.340 e. The van der Waals surface area contributed by atoms with E-state index in [9.17, 15) is 13.2 Å². The van der Waals surface area contributed by atoms with Crippen molar-refractivity contribution in [2.24, 2.45) is 0 Å². The van der Waals surface area contributed by atoms with Crippen LogP contribution in [0.2, 0.25) is 0 Å². The predicted octanol–water partition coefficient (Wildman–Crippen LogP) is 1.55. The van der Waals surface area contributed by atoms with Crippen LogP contribution in [-0.4, -0.2) is 50.2 Å². The lowest BCUT2D eigenvalue weighted by Crippen LogP contribution is -2.56. The number of aryl methyl sites for hydroxylation is 2. The van der Waals surface area contributed by atoms with Crippen molar-refractivity contribution in [2.45, 2.75) is 56.5 Å². The number of nitrogens with zero attached hydrogens (tertiary/aromatic N) is 1. The highest BCUT2D eigenvalue weighted by molar-refractivity contribution is 7.91. The van der Waals surface area contributed by atoms with Crippen molar-refractivity contribution < 1.29 is 13.2 Å². The van der Waals surface area contributed by atoms with Gasteiger partial charge < -0.3 is 10.2 Å². The third kappa shape index (κ3) is 3.81. The number of hydrogen-bond acceptors (Lipinski definition) is 4. The third-order valence-electron chi connectivity index (χ3n) is 4.92. The van der Waals surface area contributed by atoms with E-state index < -0.39 is 9.84 Å². The Morgan fingerprint density at radius 1 is 1.17 bits per heavy atom. The first-order chi connectivity index (χ1) is 11.3. The molecule has 132 valence electrons. The number of carbonyl (C=O) groups excluding carboxylic acids is 1. The molecule has 0 radical (unpaired) electrons. The number of benzene rings is 1. The molecule has 1 fully saturated rings. The molecular weight excluding hydrogens is 324 g/mol. The summed E-state index contributed by atoms with van der Waals surface area (Å²) in [4.78, 5) is 14.5. The highest BCUT2D eigenvalue weighted by Crippen LogP contribution is 2.25. The zero-order chi connectivity index (χ0) is 17.3. The van der Waals surface area contributed by atoms with Crippen molar-refractivity contribution >= 4 is 15.7 Å². The van der Waals surface area contributed by atoms with Crippen LogP contribution < -0.4 is 5.32 Å². The standard InChI is InChI=1S/C18H26N2O3S/c1-13-11-20(12-14(2)19-13)18(21)8-9-24(22,23)17-7-6-15-4-3-5-16(15)10-17/h6-7,10,13-14,19H,3-5,8-9,11-12H2,1-2H3/t13-,14-/m0/s1. The summed E-state index contributed by atoms with van der Waals surface area (Å²) in [5, 5.41) is 3.37. The molecule has 0 bridgehead atoms. The van der Waals surface area contributed by atoms with E-state index in [1.165, 1.54) is 5.56 Å². The van der Waals surface area contributed by atoms with Crippen LogP contribution in [0.4, 0.5) is 0 Å². The number of sulfone groups is 1. The Bertz CT molecular complexity index is 720. The van der Waals surface area contributed by atoms with Gasteiger partial charge in [-0.15, -0.1) is 0 Å². The Hall–Kier alpha value is -1.40. The molecular formula is C18H26N2O3S. The van der Waals surface area contributed by atoms with E-state index in [4.69, 9.17) is 0 Å². The SMILES string of the molecule is C[C@H]1CN(C(=O)CCS(=O)(=O)c2ccc3c(c2)CCC3)C[C@H](C)N1. The number of carbonyl (C=O) groups is 1. The number of rotatable bonds is 4. The van der Waals surface area contributed by atoms with Crippen LogP contribution in [0.15, 0.2) is 23.1 Å². The average Bonchev–Trinajstić information content (AvgIpc) is 2.99. The summed E-state index contributed by atoms with van der Waals surface area (Å²) < 4.78 is 25.1. The number of fused-ring (bicyclic) bond motifs is 1. The van der Waals surface area contributed by atoms with Crippen molar-refractivity contribution in [1.29, 1.82) is 0 Å². The van der Waals surface area contributed by atoms with Crippen molar-refractivity contribution in [3.05, 3.63) is 29.3 Å². The Morgan fingerprint density at radius 2 is 1.83 bits per heavy atom. The van der Waals surface area contributed by atoms with Gasteiger partial charge in [0.25, 0.3) is 0 Å². The average molecular weight is 350 g/mol. The maximum absolute atomic E-state index is 12.6. The maximum Gasteiger partial charge on any atom is 0.223 e. The summed E-state index contributed by atoms with van der Waals surface area (Å²) in [6.07, 6.45) is 3.14. The van der Waals surface area contributed by atoms with Crippen molar-refractivity contribution in [3.8, 4) is 0 Å². The van der Waals surface area contributed by atoms with Gasteiger partial charge in [0.05, 0.1) is 10.6 Å². The van der Waals surface area contributed by atoms with Crippen LogP contribution in [0.3, 0.4) is 0 Å². The zero-order valence-corrected chi connectivity index (χ0v) is 15.2. The van der Waals surface area contributed by atoms with Gasteiger partial charge in [0, 0.05) is 31.6 Å². The zero-order valence-electron chi connectivity index (χ0n) is 14.4. The molecule has 6 heteroatoms. The summed E-state index contributed by atoms with van der Waals surface area (Å²) in [5.74, 6) is -0.183. The Labute approximate surface area is 144 Å². The molecule has 0 aromatic heterocycles. The first-order valence-electron chi connectivity index (χ1n) is 8.73. The lowest BCUT2D eigenvalue weighted by atomic mass is 10.1. The first-order valence-corrected chi connectivity index (χ1v) is 10.4. The highest BCUT2D eigenvalue weighted by Gasteiger charge is 2.26. The van der Waals surface area contributed by atoms with Gasteiger partial charge in [0.1, 0.15) is 0 Å². The molecule has 1 amide bonds. The monoisotopic (exact) mass is 350 g/mol. The third-order valence-corrected chi connectivity index (χ3v) is 6.64. The first kappa shape index (κ1) is 17.4. The molecule has 2 aliphatic rings. The quantitative estimate of drug-likeness (QED) is 0.895. The van der Waals surface area contributed by atoms with Crippen molar-refractivity contribution in [3.63, 3.8) is 0 Å². The second kappa shape index (κ2) is 6.84. The van der Waals surface area contributed by atoms with Crippen LogP contribution in [0, 0.1) is 0 Å². The smallest absolute Gasteiger partial charge is 0.223 e. The summed E-state index contributed by atoms with van der Waals surface area (Å²) in [7, 11) is -3.41. The van der Waals surface area contributed by atoms with Gasteiger partial charge in [-0.1, -0.05) is 6.07 Å². The molecule has 1 saturated heterocycles. The molecule has 0 spiro atoms. The van der Waals surface area contributed by atoms with E-state index in [1.807, 2.05) is 19.9 Å². The van der Waals surface area contributed by atoms with Gasteiger partial charge in [0.15, 0.2) is 9.84 Å². The summed E-state index contributed by atoms with van der Waals surface area (Å²) >= 11 is 0. The molecule has 3 rings (SSSR count). The molecule has 2 atom stereocenters. The minimum absolute atomic E-state index is 0.0544. The molecule has 1 aliphatic heterocycles. The minimum Gasteiger partial charge on any atom is -0.340 e. The van der Waals surface area contributed by atoms with E-state index in [2.05, 4.69) is 5.32 Å². The van der Waals surface area contributed by atoms with Gasteiger partial charge in [-0.3, -0.25) is 4.79 Å². The predicted molar refractivity (Wildman–Crippen MR) is 93.8 cm³/mol. The lowest BCUT2D eigenvalue weighted by Gasteiger charge is -2.36. The van der Waals surface area contributed by atoms with Crippen LogP contribution in [0.5, 0.6) is 0 Å². The van der Waals surface area contributed by atoms with E-state index in [1.54, 1.807) is 17.0 Å². The normalized spacial score (nSPS) is 24.0. The topological polar surface area (TPSA) is 66.5 Å². The summed E-state index contributed by atoms with van der Waals surface area (Å²) in [5.41, 5.74) is 2.40. The van der Waals surface area contributed by atoms with E-state index in [0.717, 1.165) is 24.8 Å². The van der Waals surface area contributed by atoms with Crippen LogP contribution in [0.1, 0.15) is 37.8 Å². The fourth-order valence-corrected chi connectivity index (χ4v) is 5.05. The molecule has 1 N–H and O–H groups in total. The van der Waals surface area contributed by atoms with Crippen LogP contribution in [0.25, 0.3) is 0 Å². The number of amides is 1.